The highest BCUT2D eigenvalue weighted by atomic mass is 16.5. The molecule has 0 aromatic heterocycles. The SMILES string of the molecule is CCCC1(C2(CN)COC2)COC1. The predicted molar refractivity (Wildman–Crippen MR) is 50.5 cm³/mol. The van der Waals surface area contributed by atoms with Gasteiger partial charge in [0.25, 0.3) is 0 Å². The van der Waals surface area contributed by atoms with Gasteiger partial charge in [-0.3, -0.25) is 0 Å². The Hall–Kier alpha value is -0.120. The summed E-state index contributed by atoms with van der Waals surface area (Å²) in [6.45, 7) is 6.43. The van der Waals surface area contributed by atoms with E-state index >= 15 is 0 Å². The molecular weight excluding hydrogens is 166 g/mol. The fraction of sp³-hybridized carbons (Fsp3) is 1.00. The molecular formula is C10H19NO2. The third kappa shape index (κ3) is 1.14. The van der Waals surface area contributed by atoms with E-state index in [1.807, 2.05) is 0 Å². The van der Waals surface area contributed by atoms with Gasteiger partial charge in [-0.15, -0.1) is 0 Å². The van der Waals surface area contributed by atoms with E-state index in [1.165, 1.54) is 12.8 Å². The van der Waals surface area contributed by atoms with Crippen molar-refractivity contribution in [2.24, 2.45) is 16.6 Å². The molecule has 2 aliphatic heterocycles. The fourth-order valence-corrected chi connectivity index (χ4v) is 2.53. The summed E-state index contributed by atoms with van der Waals surface area (Å²) >= 11 is 0. The topological polar surface area (TPSA) is 44.5 Å². The molecule has 2 rings (SSSR count). The zero-order valence-electron chi connectivity index (χ0n) is 8.34. The summed E-state index contributed by atoms with van der Waals surface area (Å²) < 4.78 is 10.7. The maximum absolute atomic E-state index is 5.86. The van der Waals surface area contributed by atoms with Gasteiger partial charge >= 0.3 is 0 Å². The standard InChI is InChI=1S/C10H19NO2/c1-2-3-9(5-12-6-9)10(4-11)7-13-8-10/h2-8,11H2,1H3. The Labute approximate surface area is 79.6 Å². The summed E-state index contributed by atoms with van der Waals surface area (Å²) in [6.07, 6.45) is 2.44. The van der Waals surface area contributed by atoms with Crippen molar-refractivity contribution >= 4 is 0 Å². The summed E-state index contributed by atoms with van der Waals surface area (Å²) in [5.41, 5.74) is 6.44. The van der Waals surface area contributed by atoms with Crippen LogP contribution in [0.3, 0.4) is 0 Å². The Balaban J connectivity index is 2.09. The van der Waals surface area contributed by atoms with Crippen molar-refractivity contribution in [2.75, 3.05) is 33.0 Å². The number of nitrogens with two attached hydrogens (primary N) is 1. The van der Waals surface area contributed by atoms with Gasteiger partial charge in [0, 0.05) is 17.4 Å². The van der Waals surface area contributed by atoms with Crippen LogP contribution in [0.15, 0.2) is 0 Å². The Kier molecular flexibility index (Phi) is 2.34. The molecule has 2 N–H and O–H groups in total. The second-order valence-corrected chi connectivity index (χ2v) is 4.50. The second kappa shape index (κ2) is 3.23. The summed E-state index contributed by atoms with van der Waals surface area (Å²) in [7, 11) is 0. The van der Waals surface area contributed by atoms with Crippen LogP contribution in [0.5, 0.6) is 0 Å². The minimum Gasteiger partial charge on any atom is -0.380 e. The van der Waals surface area contributed by atoms with Crippen molar-refractivity contribution in [1.82, 2.24) is 0 Å². The van der Waals surface area contributed by atoms with E-state index in [1.54, 1.807) is 0 Å². The molecule has 0 atom stereocenters. The van der Waals surface area contributed by atoms with E-state index in [2.05, 4.69) is 6.92 Å². The molecule has 3 heteroatoms. The minimum atomic E-state index is 0.237. The fourth-order valence-electron chi connectivity index (χ4n) is 2.53. The smallest absolute Gasteiger partial charge is 0.0564 e. The largest absolute Gasteiger partial charge is 0.380 e. The molecule has 0 unspecified atom stereocenters. The molecule has 0 bridgehead atoms. The van der Waals surface area contributed by atoms with Gasteiger partial charge in [0.1, 0.15) is 0 Å². The lowest BCUT2D eigenvalue weighted by Crippen LogP contribution is -2.66. The number of ether oxygens (including phenoxy) is 2. The van der Waals surface area contributed by atoms with E-state index in [0.717, 1.165) is 33.0 Å². The van der Waals surface area contributed by atoms with E-state index in [4.69, 9.17) is 15.2 Å². The van der Waals surface area contributed by atoms with Gasteiger partial charge in [0.05, 0.1) is 26.4 Å². The van der Waals surface area contributed by atoms with Gasteiger partial charge in [-0.25, -0.2) is 0 Å². The number of hydrogen-bond donors (Lipinski definition) is 1. The molecule has 2 heterocycles. The second-order valence-electron chi connectivity index (χ2n) is 4.50. The van der Waals surface area contributed by atoms with Crippen molar-refractivity contribution in [3.8, 4) is 0 Å². The van der Waals surface area contributed by atoms with Crippen molar-refractivity contribution in [1.29, 1.82) is 0 Å². The molecule has 76 valence electrons. The Morgan fingerprint density at radius 1 is 1.08 bits per heavy atom. The molecule has 0 saturated carbocycles. The highest BCUT2D eigenvalue weighted by Crippen LogP contribution is 2.52. The molecule has 2 fully saturated rings. The van der Waals surface area contributed by atoms with Crippen LogP contribution >= 0.6 is 0 Å². The van der Waals surface area contributed by atoms with Crippen LogP contribution in [-0.4, -0.2) is 33.0 Å². The highest BCUT2D eigenvalue weighted by Gasteiger charge is 2.58. The Morgan fingerprint density at radius 2 is 1.62 bits per heavy atom. The molecule has 13 heavy (non-hydrogen) atoms. The molecule has 3 nitrogen and oxygen atoms in total. The molecule has 0 radical (unpaired) electrons. The van der Waals surface area contributed by atoms with Crippen LogP contribution in [0.4, 0.5) is 0 Å². The summed E-state index contributed by atoms with van der Waals surface area (Å²) in [5, 5.41) is 0. The van der Waals surface area contributed by atoms with Crippen LogP contribution in [-0.2, 0) is 9.47 Å². The lowest BCUT2D eigenvalue weighted by Gasteiger charge is -2.59. The normalized spacial score (nSPS) is 29.1. The average molecular weight is 185 g/mol. The first-order chi connectivity index (χ1) is 6.29. The van der Waals surface area contributed by atoms with Gasteiger partial charge in [-0.1, -0.05) is 13.3 Å². The molecule has 2 aliphatic rings. The maximum Gasteiger partial charge on any atom is 0.0564 e. The number of rotatable bonds is 4. The van der Waals surface area contributed by atoms with Crippen molar-refractivity contribution < 1.29 is 9.47 Å². The van der Waals surface area contributed by atoms with E-state index in [9.17, 15) is 0 Å². The van der Waals surface area contributed by atoms with E-state index in [-0.39, 0.29) is 5.41 Å². The zero-order chi connectivity index (χ0) is 9.36. The van der Waals surface area contributed by atoms with Gasteiger partial charge in [-0.05, 0) is 6.42 Å². The first-order valence-corrected chi connectivity index (χ1v) is 5.14. The summed E-state index contributed by atoms with van der Waals surface area (Å²) in [5.74, 6) is 0. The van der Waals surface area contributed by atoms with Crippen molar-refractivity contribution in [2.45, 2.75) is 19.8 Å². The highest BCUT2D eigenvalue weighted by molar-refractivity contribution is 5.05. The quantitative estimate of drug-likeness (QED) is 0.704. The van der Waals surface area contributed by atoms with Crippen LogP contribution < -0.4 is 5.73 Å². The van der Waals surface area contributed by atoms with Gasteiger partial charge < -0.3 is 15.2 Å². The average Bonchev–Trinajstić information content (AvgIpc) is 1.98. The van der Waals surface area contributed by atoms with Crippen molar-refractivity contribution in [3.63, 3.8) is 0 Å². The molecule has 0 aromatic carbocycles. The molecule has 0 aromatic rings. The summed E-state index contributed by atoms with van der Waals surface area (Å²) in [6, 6.07) is 0. The molecule has 0 aliphatic carbocycles. The predicted octanol–water partition coefficient (Wildman–Crippen LogP) is 0.778. The maximum atomic E-state index is 5.86. The van der Waals surface area contributed by atoms with Crippen molar-refractivity contribution in [3.05, 3.63) is 0 Å². The lowest BCUT2D eigenvalue weighted by molar-refractivity contribution is -0.266. The van der Waals surface area contributed by atoms with E-state index < -0.39 is 0 Å². The minimum absolute atomic E-state index is 0.237. The summed E-state index contributed by atoms with van der Waals surface area (Å²) in [4.78, 5) is 0. The monoisotopic (exact) mass is 185 g/mol. The number of hydrogen-bond acceptors (Lipinski definition) is 3. The van der Waals surface area contributed by atoms with Crippen LogP contribution in [0.1, 0.15) is 19.8 Å². The third-order valence-corrected chi connectivity index (χ3v) is 3.76. The third-order valence-electron chi connectivity index (χ3n) is 3.76. The zero-order valence-corrected chi connectivity index (χ0v) is 8.34. The van der Waals surface area contributed by atoms with Crippen LogP contribution in [0.25, 0.3) is 0 Å². The first-order valence-electron chi connectivity index (χ1n) is 5.14. The van der Waals surface area contributed by atoms with Gasteiger partial charge in [-0.2, -0.15) is 0 Å². The Bertz CT molecular complexity index is 180. The van der Waals surface area contributed by atoms with Gasteiger partial charge in [0.15, 0.2) is 0 Å². The van der Waals surface area contributed by atoms with Crippen LogP contribution in [0, 0.1) is 10.8 Å². The van der Waals surface area contributed by atoms with Crippen LogP contribution in [0.2, 0.25) is 0 Å². The molecule has 0 spiro atoms. The first kappa shape index (κ1) is 9.44. The molecule has 2 saturated heterocycles. The molecule has 0 amide bonds. The van der Waals surface area contributed by atoms with E-state index in [0.29, 0.717) is 5.41 Å². The lowest BCUT2D eigenvalue weighted by atomic mass is 9.58. The Morgan fingerprint density at radius 3 is 1.85 bits per heavy atom. The van der Waals surface area contributed by atoms with Gasteiger partial charge in [0.2, 0.25) is 0 Å².